The van der Waals surface area contributed by atoms with Crippen LogP contribution in [0.15, 0.2) is 0 Å². The van der Waals surface area contributed by atoms with Gasteiger partial charge in [-0.25, -0.2) is 8.78 Å². The highest BCUT2D eigenvalue weighted by molar-refractivity contribution is 5.73. The van der Waals surface area contributed by atoms with E-state index in [4.69, 9.17) is 0 Å². The van der Waals surface area contributed by atoms with E-state index >= 15 is 0 Å². The molecule has 1 fully saturated rings. The molecule has 1 aliphatic rings. The van der Waals surface area contributed by atoms with E-state index in [-0.39, 0.29) is 12.8 Å². The van der Waals surface area contributed by atoms with Crippen molar-refractivity contribution in [3.8, 4) is 0 Å². The number of methoxy groups -OCH3 is 1. The van der Waals surface area contributed by atoms with E-state index in [1.54, 1.807) is 0 Å². The molecule has 0 radical (unpaired) electrons. The SMILES string of the molecule is COC(=O)[C@@H]1CCCC1(F)F. The molecule has 4 heteroatoms. The minimum atomic E-state index is -2.84. The molecule has 0 N–H and O–H groups in total. The number of hydrogen-bond donors (Lipinski definition) is 0. The summed E-state index contributed by atoms with van der Waals surface area (Å²) in [4.78, 5) is 10.7. The van der Waals surface area contributed by atoms with Crippen LogP contribution in [0.3, 0.4) is 0 Å². The van der Waals surface area contributed by atoms with Gasteiger partial charge in [-0.1, -0.05) is 0 Å². The number of halogens is 2. The Morgan fingerprint density at radius 3 is 2.64 bits per heavy atom. The van der Waals surface area contributed by atoms with Gasteiger partial charge in [0.05, 0.1) is 7.11 Å². The van der Waals surface area contributed by atoms with Crippen molar-refractivity contribution >= 4 is 5.97 Å². The molecule has 0 unspecified atom stereocenters. The highest BCUT2D eigenvalue weighted by atomic mass is 19.3. The molecule has 0 saturated heterocycles. The largest absolute Gasteiger partial charge is 0.469 e. The Bertz CT molecular complexity index is 168. The number of carbonyl (C=O) groups excluding carboxylic acids is 1. The molecule has 1 rings (SSSR count). The summed E-state index contributed by atoms with van der Waals surface area (Å²) in [5, 5.41) is 0. The van der Waals surface area contributed by atoms with E-state index in [0.29, 0.717) is 6.42 Å². The zero-order valence-corrected chi connectivity index (χ0v) is 6.27. The Balaban J connectivity index is 2.64. The first kappa shape index (κ1) is 8.43. The summed E-state index contributed by atoms with van der Waals surface area (Å²) in [6.45, 7) is 0. The number of carbonyl (C=O) groups is 1. The number of alkyl halides is 2. The Morgan fingerprint density at radius 1 is 1.64 bits per heavy atom. The number of esters is 1. The average Bonchev–Trinajstić information content (AvgIpc) is 2.28. The van der Waals surface area contributed by atoms with Crippen molar-refractivity contribution in [2.75, 3.05) is 7.11 Å². The first-order valence-electron chi connectivity index (χ1n) is 3.53. The molecule has 2 nitrogen and oxygen atoms in total. The van der Waals surface area contributed by atoms with Crippen LogP contribution in [0.4, 0.5) is 8.78 Å². The number of rotatable bonds is 1. The predicted octanol–water partition coefficient (Wildman–Crippen LogP) is 1.59. The normalized spacial score (nSPS) is 28.5. The minimum Gasteiger partial charge on any atom is -0.469 e. The lowest BCUT2D eigenvalue weighted by atomic mass is 10.1. The monoisotopic (exact) mass is 164 g/mol. The quantitative estimate of drug-likeness (QED) is 0.550. The highest BCUT2D eigenvalue weighted by Crippen LogP contribution is 2.40. The minimum absolute atomic E-state index is 0.188. The molecule has 0 amide bonds. The molecule has 0 aromatic rings. The third-order valence-corrected chi connectivity index (χ3v) is 2.00. The number of hydrogen-bond acceptors (Lipinski definition) is 2. The van der Waals surface area contributed by atoms with Crippen LogP contribution in [0.2, 0.25) is 0 Å². The second-order valence-corrected chi connectivity index (χ2v) is 2.73. The molecule has 0 heterocycles. The van der Waals surface area contributed by atoms with Gasteiger partial charge < -0.3 is 4.74 Å². The Kier molecular flexibility index (Phi) is 2.11. The van der Waals surface area contributed by atoms with Crippen LogP contribution in [0.5, 0.6) is 0 Å². The van der Waals surface area contributed by atoms with Crippen LogP contribution >= 0.6 is 0 Å². The molecule has 0 aliphatic heterocycles. The standard InChI is InChI=1S/C7H10F2O2/c1-11-6(10)5-3-2-4-7(5,8)9/h5H,2-4H2,1H3/t5-/m0/s1. The molecule has 1 aliphatic carbocycles. The molecular weight excluding hydrogens is 154 g/mol. The van der Waals surface area contributed by atoms with Crippen LogP contribution in [-0.4, -0.2) is 19.0 Å². The molecule has 64 valence electrons. The summed E-state index contributed by atoms with van der Waals surface area (Å²) in [5.74, 6) is -4.83. The molecule has 11 heavy (non-hydrogen) atoms. The van der Waals surface area contributed by atoms with Gasteiger partial charge in [-0.15, -0.1) is 0 Å². The fraction of sp³-hybridized carbons (Fsp3) is 0.857. The molecule has 0 spiro atoms. The van der Waals surface area contributed by atoms with Crippen molar-refractivity contribution in [2.24, 2.45) is 5.92 Å². The predicted molar refractivity (Wildman–Crippen MR) is 34.3 cm³/mol. The third kappa shape index (κ3) is 1.49. The second-order valence-electron chi connectivity index (χ2n) is 2.73. The van der Waals surface area contributed by atoms with Gasteiger partial charge in [0, 0.05) is 6.42 Å². The van der Waals surface area contributed by atoms with Crippen molar-refractivity contribution in [1.82, 2.24) is 0 Å². The van der Waals surface area contributed by atoms with Crippen LogP contribution in [-0.2, 0) is 9.53 Å². The first-order chi connectivity index (χ1) is 5.08. The van der Waals surface area contributed by atoms with E-state index in [9.17, 15) is 13.6 Å². The fourth-order valence-corrected chi connectivity index (χ4v) is 1.36. The molecule has 0 aromatic heterocycles. The summed E-state index contributed by atoms with van der Waals surface area (Å²) in [7, 11) is 1.14. The van der Waals surface area contributed by atoms with Crippen molar-refractivity contribution in [3.63, 3.8) is 0 Å². The summed E-state index contributed by atoms with van der Waals surface area (Å²) >= 11 is 0. The molecular formula is C7H10F2O2. The Labute approximate surface area is 63.5 Å². The van der Waals surface area contributed by atoms with E-state index < -0.39 is 17.8 Å². The molecule has 0 aromatic carbocycles. The molecule has 1 saturated carbocycles. The average molecular weight is 164 g/mol. The van der Waals surface area contributed by atoms with Crippen LogP contribution < -0.4 is 0 Å². The van der Waals surface area contributed by atoms with Gasteiger partial charge >= 0.3 is 5.97 Å². The maximum atomic E-state index is 12.7. The van der Waals surface area contributed by atoms with Crippen LogP contribution in [0, 0.1) is 5.92 Å². The van der Waals surface area contributed by atoms with E-state index in [1.807, 2.05) is 0 Å². The second kappa shape index (κ2) is 2.75. The highest BCUT2D eigenvalue weighted by Gasteiger charge is 2.48. The van der Waals surface area contributed by atoms with Crippen molar-refractivity contribution in [1.29, 1.82) is 0 Å². The summed E-state index contributed by atoms with van der Waals surface area (Å²) < 4.78 is 29.7. The topological polar surface area (TPSA) is 26.3 Å². The smallest absolute Gasteiger partial charge is 0.314 e. The van der Waals surface area contributed by atoms with Gasteiger partial charge in [-0.05, 0) is 12.8 Å². The van der Waals surface area contributed by atoms with Crippen molar-refractivity contribution in [2.45, 2.75) is 25.2 Å². The van der Waals surface area contributed by atoms with Crippen LogP contribution in [0.25, 0.3) is 0 Å². The maximum absolute atomic E-state index is 12.7. The lowest BCUT2D eigenvalue weighted by molar-refractivity contribution is -0.156. The summed E-state index contributed by atoms with van der Waals surface area (Å²) in [6.07, 6.45) is 0.471. The third-order valence-electron chi connectivity index (χ3n) is 2.00. The molecule has 0 bridgehead atoms. The van der Waals surface area contributed by atoms with E-state index in [0.717, 1.165) is 7.11 Å². The van der Waals surface area contributed by atoms with Crippen molar-refractivity contribution < 1.29 is 18.3 Å². The number of ether oxygens (including phenoxy) is 1. The van der Waals surface area contributed by atoms with Gasteiger partial charge in [-0.3, -0.25) is 4.79 Å². The van der Waals surface area contributed by atoms with Gasteiger partial charge in [-0.2, -0.15) is 0 Å². The van der Waals surface area contributed by atoms with Gasteiger partial charge in [0.15, 0.2) is 0 Å². The Hall–Kier alpha value is -0.670. The lowest BCUT2D eigenvalue weighted by Crippen LogP contribution is -2.29. The van der Waals surface area contributed by atoms with Crippen LogP contribution in [0.1, 0.15) is 19.3 Å². The summed E-state index contributed by atoms with van der Waals surface area (Å²) in [6, 6.07) is 0. The maximum Gasteiger partial charge on any atom is 0.314 e. The van der Waals surface area contributed by atoms with Gasteiger partial charge in [0.25, 0.3) is 5.92 Å². The fourth-order valence-electron chi connectivity index (χ4n) is 1.36. The Morgan fingerprint density at radius 2 is 2.27 bits per heavy atom. The summed E-state index contributed by atoms with van der Waals surface area (Å²) in [5.41, 5.74) is 0. The first-order valence-corrected chi connectivity index (χ1v) is 3.53. The van der Waals surface area contributed by atoms with E-state index in [2.05, 4.69) is 4.74 Å². The zero-order valence-electron chi connectivity index (χ0n) is 6.27. The lowest BCUT2D eigenvalue weighted by Gasteiger charge is -2.15. The van der Waals surface area contributed by atoms with E-state index in [1.165, 1.54) is 0 Å². The van der Waals surface area contributed by atoms with Crippen molar-refractivity contribution in [3.05, 3.63) is 0 Å². The van der Waals surface area contributed by atoms with Gasteiger partial charge in [0.2, 0.25) is 0 Å². The molecule has 1 atom stereocenters. The zero-order chi connectivity index (χ0) is 8.48. The van der Waals surface area contributed by atoms with Gasteiger partial charge in [0.1, 0.15) is 5.92 Å².